The molecule has 1 aromatic rings. The van der Waals surface area contributed by atoms with E-state index in [1.165, 1.54) is 18.9 Å². The molecule has 1 saturated heterocycles. The van der Waals surface area contributed by atoms with Crippen LogP contribution in [0.5, 0.6) is 0 Å². The standard InChI is InChI=1S/C16H25FN2O/c1-11-6-7-19(13(3)8-11)10-12(2)16(20)15-5-4-14(17)9-18-15/h4-5,9,11-13,16,20H,6-8,10H2,1-3H3. The number of hydrogen-bond donors (Lipinski definition) is 1. The van der Waals surface area contributed by atoms with Crippen LogP contribution in [0.4, 0.5) is 4.39 Å². The second kappa shape index (κ2) is 6.64. The second-order valence-electron chi connectivity index (χ2n) is 6.30. The lowest BCUT2D eigenvalue weighted by Crippen LogP contribution is -2.43. The molecule has 0 aliphatic carbocycles. The SMILES string of the molecule is CC1CCN(CC(C)C(O)c2ccc(F)cn2)C(C)C1. The van der Waals surface area contributed by atoms with E-state index in [9.17, 15) is 9.50 Å². The summed E-state index contributed by atoms with van der Waals surface area (Å²) in [5.41, 5.74) is 0.553. The Morgan fingerprint density at radius 2 is 2.20 bits per heavy atom. The van der Waals surface area contributed by atoms with Gasteiger partial charge in [0, 0.05) is 18.5 Å². The van der Waals surface area contributed by atoms with Gasteiger partial charge in [-0.05, 0) is 44.4 Å². The molecule has 1 aromatic heterocycles. The maximum atomic E-state index is 12.9. The monoisotopic (exact) mass is 280 g/mol. The Kier molecular flexibility index (Phi) is 5.11. The first-order valence-corrected chi connectivity index (χ1v) is 7.51. The summed E-state index contributed by atoms with van der Waals surface area (Å²) in [5.74, 6) is 0.510. The molecule has 1 N–H and O–H groups in total. The summed E-state index contributed by atoms with van der Waals surface area (Å²) in [7, 11) is 0. The quantitative estimate of drug-likeness (QED) is 0.921. The van der Waals surface area contributed by atoms with E-state index in [-0.39, 0.29) is 11.7 Å². The van der Waals surface area contributed by atoms with Crippen LogP contribution in [0.15, 0.2) is 18.3 Å². The summed E-state index contributed by atoms with van der Waals surface area (Å²) in [4.78, 5) is 6.42. The third-order valence-electron chi connectivity index (χ3n) is 4.39. The van der Waals surface area contributed by atoms with Gasteiger partial charge in [0.2, 0.25) is 0 Å². The highest BCUT2D eigenvalue weighted by Crippen LogP contribution is 2.26. The first kappa shape index (κ1) is 15.4. The average Bonchev–Trinajstić information content (AvgIpc) is 2.42. The van der Waals surface area contributed by atoms with Crippen molar-refractivity contribution in [2.45, 2.75) is 45.8 Å². The summed E-state index contributed by atoms with van der Waals surface area (Å²) in [5, 5.41) is 10.3. The van der Waals surface area contributed by atoms with Gasteiger partial charge in [0.25, 0.3) is 0 Å². The minimum Gasteiger partial charge on any atom is -0.386 e. The molecule has 4 atom stereocenters. The van der Waals surface area contributed by atoms with Crippen LogP contribution in [0.1, 0.15) is 45.4 Å². The van der Waals surface area contributed by atoms with Gasteiger partial charge in [-0.25, -0.2) is 4.39 Å². The molecule has 0 aromatic carbocycles. The van der Waals surface area contributed by atoms with E-state index in [2.05, 4.69) is 23.7 Å². The van der Waals surface area contributed by atoms with Crippen molar-refractivity contribution in [3.8, 4) is 0 Å². The van der Waals surface area contributed by atoms with E-state index < -0.39 is 6.10 Å². The molecule has 112 valence electrons. The number of halogens is 1. The molecule has 3 nitrogen and oxygen atoms in total. The number of aliphatic hydroxyl groups excluding tert-OH is 1. The number of pyridine rings is 1. The van der Waals surface area contributed by atoms with Crippen LogP contribution in [0.2, 0.25) is 0 Å². The van der Waals surface area contributed by atoms with Crippen molar-refractivity contribution < 1.29 is 9.50 Å². The van der Waals surface area contributed by atoms with Gasteiger partial charge in [-0.15, -0.1) is 0 Å². The average molecular weight is 280 g/mol. The van der Waals surface area contributed by atoms with Crippen molar-refractivity contribution >= 4 is 0 Å². The van der Waals surface area contributed by atoms with Crippen LogP contribution in [-0.2, 0) is 0 Å². The zero-order valence-electron chi connectivity index (χ0n) is 12.6. The van der Waals surface area contributed by atoms with E-state index in [0.717, 1.165) is 25.2 Å². The van der Waals surface area contributed by atoms with Crippen LogP contribution in [0, 0.1) is 17.7 Å². The normalized spacial score (nSPS) is 27.2. The summed E-state index contributed by atoms with van der Waals surface area (Å²) in [6.07, 6.45) is 2.97. The third kappa shape index (κ3) is 3.76. The molecule has 0 bridgehead atoms. The van der Waals surface area contributed by atoms with Crippen LogP contribution in [0.3, 0.4) is 0 Å². The predicted molar refractivity (Wildman–Crippen MR) is 77.8 cm³/mol. The number of rotatable bonds is 4. The number of likely N-dealkylation sites (tertiary alicyclic amines) is 1. The lowest BCUT2D eigenvalue weighted by molar-refractivity contribution is 0.0528. The van der Waals surface area contributed by atoms with Gasteiger partial charge in [-0.3, -0.25) is 4.98 Å². The first-order chi connectivity index (χ1) is 9.47. The Hall–Kier alpha value is -1.00. The summed E-state index contributed by atoms with van der Waals surface area (Å²) < 4.78 is 12.9. The third-order valence-corrected chi connectivity index (χ3v) is 4.39. The molecule has 0 amide bonds. The molecule has 0 spiro atoms. The lowest BCUT2D eigenvalue weighted by atomic mass is 9.91. The highest BCUT2D eigenvalue weighted by molar-refractivity contribution is 5.09. The van der Waals surface area contributed by atoms with Crippen LogP contribution < -0.4 is 0 Å². The van der Waals surface area contributed by atoms with Gasteiger partial charge >= 0.3 is 0 Å². The Balaban J connectivity index is 1.93. The van der Waals surface area contributed by atoms with Crippen molar-refractivity contribution in [1.82, 2.24) is 9.88 Å². The van der Waals surface area contributed by atoms with Crippen molar-refractivity contribution in [2.75, 3.05) is 13.1 Å². The molecule has 2 rings (SSSR count). The Bertz CT molecular complexity index is 423. The highest BCUT2D eigenvalue weighted by atomic mass is 19.1. The van der Waals surface area contributed by atoms with Gasteiger partial charge in [0.05, 0.1) is 18.0 Å². The van der Waals surface area contributed by atoms with Crippen molar-refractivity contribution in [3.63, 3.8) is 0 Å². The zero-order chi connectivity index (χ0) is 14.7. The fraction of sp³-hybridized carbons (Fsp3) is 0.688. The first-order valence-electron chi connectivity index (χ1n) is 7.51. The van der Waals surface area contributed by atoms with Gasteiger partial charge in [-0.2, -0.15) is 0 Å². The van der Waals surface area contributed by atoms with E-state index >= 15 is 0 Å². The molecule has 0 radical (unpaired) electrons. The van der Waals surface area contributed by atoms with E-state index in [1.807, 2.05) is 6.92 Å². The minimum absolute atomic E-state index is 0.0869. The van der Waals surface area contributed by atoms with E-state index in [1.54, 1.807) is 6.07 Å². The molecule has 1 aliphatic rings. The fourth-order valence-corrected chi connectivity index (χ4v) is 3.05. The van der Waals surface area contributed by atoms with Crippen molar-refractivity contribution in [3.05, 3.63) is 29.8 Å². The lowest BCUT2D eigenvalue weighted by Gasteiger charge is -2.38. The summed E-state index contributed by atoms with van der Waals surface area (Å²) in [6.45, 7) is 8.53. The van der Waals surface area contributed by atoms with Gasteiger partial charge in [0.15, 0.2) is 0 Å². The molecule has 2 heterocycles. The van der Waals surface area contributed by atoms with Crippen LogP contribution >= 0.6 is 0 Å². The topological polar surface area (TPSA) is 36.4 Å². The molecule has 1 aliphatic heterocycles. The number of aromatic nitrogens is 1. The van der Waals surface area contributed by atoms with Crippen molar-refractivity contribution in [1.29, 1.82) is 0 Å². The molecule has 4 heteroatoms. The Morgan fingerprint density at radius 3 is 2.80 bits per heavy atom. The molecule has 20 heavy (non-hydrogen) atoms. The summed E-state index contributed by atoms with van der Waals surface area (Å²) >= 11 is 0. The molecular weight excluding hydrogens is 255 g/mol. The predicted octanol–water partition coefficient (Wildman–Crippen LogP) is 3.01. The highest BCUT2D eigenvalue weighted by Gasteiger charge is 2.27. The molecule has 1 fully saturated rings. The van der Waals surface area contributed by atoms with Gasteiger partial charge in [-0.1, -0.05) is 13.8 Å². The number of nitrogens with zero attached hydrogens (tertiary/aromatic N) is 2. The minimum atomic E-state index is -0.637. The fourth-order valence-electron chi connectivity index (χ4n) is 3.05. The number of hydrogen-bond acceptors (Lipinski definition) is 3. The van der Waals surface area contributed by atoms with Crippen LogP contribution in [0.25, 0.3) is 0 Å². The van der Waals surface area contributed by atoms with E-state index in [4.69, 9.17) is 0 Å². The molecule has 4 unspecified atom stereocenters. The number of aliphatic hydroxyl groups is 1. The van der Waals surface area contributed by atoms with Crippen LogP contribution in [-0.4, -0.2) is 34.1 Å². The largest absolute Gasteiger partial charge is 0.386 e. The molecule has 0 saturated carbocycles. The van der Waals surface area contributed by atoms with Gasteiger partial charge < -0.3 is 10.0 Å². The second-order valence-corrected chi connectivity index (χ2v) is 6.30. The molecular formula is C16H25FN2O. The van der Waals surface area contributed by atoms with Gasteiger partial charge in [0.1, 0.15) is 5.82 Å². The number of piperidine rings is 1. The maximum Gasteiger partial charge on any atom is 0.141 e. The smallest absolute Gasteiger partial charge is 0.141 e. The Labute approximate surface area is 120 Å². The zero-order valence-corrected chi connectivity index (χ0v) is 12.6. The Morgan fingerprint density at radius 1 is 1.45 bits per heavy atom. The summed E-state index contributed by atoms with van der Waals surface area (Å²) in [6, 6.07) is 3.48. The van der Waals surface area contributed by atoms with Crippen molar-refractivity contribution in [2.24, 2.45) is 11.8 Å². The van der Waals surface area contributed by atoms with E-state index in [0.29, 0.717) is 11.7 Å². The maximum absolute atomic E-state index is 12.9.